The van der Waals surface area contributed by atoms with Crippen molar-refractivity contribution in [1.29, 1.82) is 0 Å². The molecule has 0 unspecified atom stereocenters. The van der Waals surface area contributed by atoms with Crippen molar-refractivity contribution in [3.05, 3.63) is 52.3 Å². The van der Waals surface area contributed by atoms with Crippen LogP contribution in [-0.2, 0) is 13.1 Å². The van der Waals surface area contributed by atoms with Crippen molar-refractivity contribution in [2.45, 2.75) is 26.9 Å². The van der Waals surface area contributed by atoms with E-state index in [4.69, 9.17) is 0 Å². The molecular formula is C15H20BrN3. The summed E-state index contributed by atoms with van der Waals surface area (Å²) in [5, 5.41) is 7.97. The van der Waals surface area contributed by atoms with Crippen LogP contribution in [0.3, 0.4) is 0 Å². The summed E-state index contributed by atoms with van der Waals surface area (Å²) in [5.74, 6) is 0.671. The molecule has 19 heavy (non-hydrogen) atoms. The van der Waals surface area contributed by atoms with Gasteiger partial charge in [-0.2, -0.15) is 5.10 Å². The van der Waals surface area contributed by atoms with Crippen LogP contribution in [0, 0.1) is 5.92 Å². The molecule has 0 fully saturated rings. The third-order valence-corrected chi connectivity index (χ3v) is 3.34. The second-order valence-electron chi connectivity index (χ2n) is 5.16. The Balaban J connectivity index is 1.88. The number of rotatable bonds is 6. The van der Waals surface area contributed by atoms with E-state index in [1.165, 1.54) is 5.56 Å². The van der Waals surface area contributed by atoms with E-state index in [-0.39, 0.29) is 0 Å². The number of halogens is 1. The summed E-state index contributed by atoms with van der Waals surface area (Å²) in [6, 6.07) is 10.4. The maximum Gasteiger partial charge on any atom is 0.0762 e. The summed E-state index contributed by atoms with van der Waals surface area (Å²) in [6.45, 7) is 7.10. The maximum atomic E-state index is 4.57. The first-order chi connectivity index (χ1) is 9.13. The van der Waals surface area contributed by atoms with Crippen molar-refractivity contribution in [1.82, 2.24) is 15.1 Å². The smallest absolute Gasteiger partial charge is 0.0762 e. The van der Waals surface area contributed by atoms with Gasteiger partial charge in [-0.3, -0.25) is 4.68 Å². The average molecular weight is 322 g/mol. The van der Waals surface area contributed by atoms with Crippen LogP contribution in [0.1, 0.15) is 25.1 Å². The molecule has 1 N–H and O–H groups in total. The van der Waals surface area contributed by atoms with E-state index < -0.39 is 0 Å². The van der Waals surface area contributed by atoms with Crippen LogP contribution >= 0.6 is 15.9 Å². The Labute approximate surface area is 123 Å². The minimum absolute atomic E-state index is 0.671. The molecule has 0 spiro atoms. The van der Waals surface area contributed by atoms with Crippen molar-refractivity contribution in [3.63, 3.8) is 0 Å². The lowest BCUT2D eigenvalue weighted by atomic mass is 10.2. The van der Waals surface area contributed by atoms with Crippen molar-refractivity contribution >= 4 is 15.9 Å². The van der Waals surface area contributed by atoms with Gasteiger partial charge >= 0.3 is 0 Å². The quantitative estimate of drug-likeness (QED) is 0.883. The highest BCUT2D eigenvalue weighted by Gasteiger charge is 2.01. The van der Waals surface area contributed by atoms with Gasteiger partial charge in [0.1, 0.15) is 0 Å². The van der Waals surface area contributed by atoms with Gasteiger partial charge in [-0.15, -0.1) is 0 Å². The molecule has 4 heteroatoms. The molecule has 1 heterocycles. The van der Waals surface area contributed by atoms with E-state index in [9.17, 15) is 0 Å². The molecule has 0 saturated heterocycles. The molecule has 0 saturated carbocycles. The van der Waals surface area contributed by atoms with E-state index in [0.717, 1.165) is 29.8 Å². The molecule has 2 rings (SSSR count). The lowest BCUT2D eigenvalue weighted by Gasteiger charge is -2.05. The lowest BCUT2D eigenvalue weighted by Crippen LogP contribution is -2.19. The minimum atomic E-state index is 0.671. The number of hydrogen-bond acceptors (Lipinski definition) is 2. The first kappa shape index (κ1) is 14.3. The van der Waals surface area contributed by atoms with Crippen LogP contribution in [0.2, 0.25) is 0 Å². The Morgan fingerprint density at radius 3 is 2.63 bits per heavy atom. The highest BCUT2D eigenvalue weighted by Crippen LogP contribution is 2.11. The maximum absolute atomic E-state index is 4.57. The van der Waals surface area contributed by atoms with Crippen molar-refractivity contribution in [2.24, 2.45) is 5.92 Å². The van der Waals surface area contributed by atoms with E-state index in [2.05, 4.69) is 70.5 Å². The van der Waals surface area contributed by atoms with Gasteiger partial charge < -0.3 is 5.32 Å². The Kier molecular flexibility index (Phi) is 5.16. The van der Waals surface area contributed by atoms with Gasteiger partial charge in [-0.25, -0.2) is 0 Å². The highest BCUT2D eigenvalue weighted by molar-refractivity contribution is 9.10. The molecule has 0 aliphatic heterocycles. The number of nitrogens with zero attached hydrogens (tertiary/aromatic N) is 2. The first-order valence-electron chi connectivity index (χ1n) is 6.61. The Hall–Kier alpha value is -1.13. The third kappa shape index (κ3) is 4.80. The first-order valence-corrected chi connectivity index (χ1v) is 7.40. The Morgan fingerprint density at radius 2 is 1.95 bits per heavy atom. The second-order valence-corrected chi connectivity index (χ2v) is 6.07. The molecule has 0 aliphatic carbocycles. The summed E-state index contributed by atoms with van der Waals surface area (Å²) >= 11 is 3.44. The summed E-state index contributed by atoms with van der Waals surface area (Å²) < 4.78 is 3.09. The average Bonchev–Trinajstić information content (AvgIpc) is 2.79. The van der Waals surface area contributed by atoms with E-state index in [0.29, 0.717) is 5.92 Å². The van der Waals surface area contributed by atoms with Gasteiger partial charge in [0.25, 0.3) is 0 Å². The van der Waals surface area contributed by atoms with Gasteiger partial charge in [0.15, 0.2) is 0 Å². The summed E-state index contributed by atoms with van der Waals surface area (Å²) in [6.07, 6.45) is 2.04. The zero-order valence-corrected chi connectivity index (χ0v) is 13.0. The molecule has 102 valence electrons. The van der Waals surface area contributed by atoms with Crippen molar-refractivity contribution < 1.29 is 0 Å². The largest absolute Gasteiger partial charge is 0.311 e. The normalized spacial score (nSPS) is 11.2. The van der Waals surface area contributed by atoms with E-state index in [1.54, 1.807) is 0 Å². The molecule has 0 aliphatic rings. The SMILES string of the molecule is CC(C)CNCc1ccn(Cc2ccc(Br)cc2)n1. The van der Waals surface area contributed by atoms with E-state index in [1.807, 2.05) is 10.9 Å². The number of aromatic nitrogens is 2. The highest BCUT2D eigenvalue weighted by atomic mass is 79.9. The zero-order chi connectivity index (χ0) is 13.7. The van der Waals surface area contributed by atoms with Crippen LogP contribution in [0.15, 0.2) is 41.0 Å². The monoisotopic (exact) mass is 321 g/mol. The fraction of sp³-hybridized carbons (Fsp3) is 0.400. The lowest BCUT2D eigenvalue weighted by molar-refractivity contribution is 0.543. The predicted octanol–water partition coefficient (Wildman–Crippen LogP) is 3.44. The van der Waals surface area contributed by atoms with Gasteiger partial charge in [-0.1, -0.05) is 41.9 Å². The third-order valence-electron chi connectivity index (χ3n) is 2.81. The Bertz CT molecular complexity index is 502. The minimum Gasteiger partial charge on any atom is -0.311 e. The summed E-state index contributed by atoms with van der Waals surface area (Å²) in [5.41, 5.74) is 2.35. The molecule has 1 aromatic heterocycles. The fourth-order valence-corrected chi connectivity index (χ4v) is 2.12. The topological polar surface area (TPSA) is 29.9 Å². The molecule has 3 nitrogen and oxygen atoms in total. The van der Waals surface area contributed by atoms with Gasteiger partial charge in [0.05, 0.1) is 12.2 Å². The molecule has 0 amide bonds. The summed E-state index contributed by atoms with van der Waals surface area (Å²) in [4.78, 5) is 0. The molecule has 1 aromatic carbocycles. The van der Waals surface area contributed by atoms with Crippen LogP contribution in [0.5, 0.6) is 0 Å². The number of benzene rings is 1. The fourth-order valence-electron chi connectivity index (χ4n) is 1.85. The molecular weight excluding hydrogens is 302 g/mol. The molecule has 0 bridgehead atoms. The zero-order valence-electron chi connectivity index (χ0n) is 11.4. The van der Waals surface area contributed by atoms with Crippen LogP contribution in [0.4, 0.5) is 0 Å². The van der Waals surface area contributed by atoms with Crippen LogP contribution in [-0.4, -0.2) is 16.3 Å². The van der Waals surface area contributed by atoms with Gasteiger partial charge in [0.2, 0.25) is 0 Å². The predicted molar refractivity (Wildman–Crippen MR) is 82.0 cm³/mol. The van der Waals surface area contributed by atoms with Gasteiger partial charge in [0, 0.05) is 17.2 Å². The number of nitrogens with one attached hydrogen (secondary N) is 1. The van der Waals surface area contributed by atoms with Crippen molar-refractivity contribution in [2.75, 3.05) is 6.54 Å². The molecule has 2 aromatic rings. The van der Waals surface area contributed by atoms with Gasteiger partial charge in [-0.05, 0) is 36.2 Å². The molecule has 0 atom stereocenters. The van der Waals surface area contributed by atoms with Crippen LogP contribution in [0.25, 0.3) is 0 Å². The second kappa shape index (κ2) is 6.87. The van der Waals surface area contributed by atoms with Crippen molar-refractivity contribution in [3.8, 4) is 0 Å². The standard InChI is InChI=1S/C15H20BrN3/c1-12(2)9-17-10-15-7-8-19(18-15)11-13-3-5-14(16)6-4-13/h3-8,12,17H,9-11H2,1-2H3. The Morgan fingerprint density at radius 1 is 1.21 bits per heavy atom. The van der Waals surface area contributed by atoms with Crippen LogP contribution < -0.4 is 5.32 Å². The summed E-state index contributed by atoms with van der Waals surface area (Å²) in [7, 11) is 0. The molecule has 0 radical (unpaired) electrons. The van der Waals surface area contributed by atoms with E-state index >= 15 is 0 Å². The number of hydrogen-bond donors (Lipinski definition) is 1.